The van der Waals surface area contributed by atoms with E-state index in [2.05, 4.69) is 28.2 Å². The summed E-state index contributed by atoms with van der Waals surface area (Å²) >= 11 is 7.79. The van der Waals surface area contributed by atoms with Gasteiger partial charge in [0.25, 0.3) is 0 Å². The van der Waals surface area contributed by atoms with E-state index in [1.807, 2.05) is 23.5 Å². The van der Waals surface area contributed by atoms with Gasteiger partial charge in [-0.2, -0.15) is 11.8 Å². The van der Waals surface area contributed by atoms with Gasteiger partial charge in [-0.15, -0.1) is 11.8 Å². The van der Waals surface area contributed by atoms with E-state index in [0.717, 1.165) is 28.4 Å². The molecule has 1 unspecified atom stereocenters. The summed E-state index contributed by atoms with van der Waals surface area (Å²) in [6.07, 6.45) is 5.21. The maximum Gasteiger partial charge on any atom is 0.144 e. The van der Waals surface area contributed by atoms with Crippen LogP contribution in [-0.4, -0.2) is 33.8 Å². The summed E-state index contributed by atoms with van der Waals surface area (Å²) in [5, 5.41) is 3.86. The van der Waals surface area contributed by atoms with Gasteiger partial charge in [-0.05, 0) is 35.7 Å². The SMILES string of the molecule is CCNc1nc(C2CSCCS2)nc(C2CCCC2)c1Br. The minimum atomic E-state index is 0.453. The van der Waals surface area contributed by atoms with Crippen LogP contribution in [0.15, 0.2) is 4.47 Å². The summed E-state index contributed by atoms with van der Waals surface area (Å²) in [4.78, 5) is 9.80. The molecule has 2 aliphatic rings. The van der Waals surface area contributed by atoms with Gasteiger partial charge < -0.3 is 5.32 Å². The molecule has 2 fully saturated rings. The lowest BCUT2D eigenvalue weighted by Crippen LogP contribution is -2.15. The molecule has 116 valence electrons. The van der Waals surface area contributed by atoms with Crippen molar-refractivity contribution in [2.24, 2.45) is 0 Å². The van der Waals surface area contributed by atoms with Crippen LogP contribution in [0, 0.1) is 0 Å². The Morgan fingerprint density at radius 1 is 1.24 bits per heavy atom. The van der Waals surface area contributed by atoms with Gasteiger partial charge in [0.1, 0.15) is 11.6 Å². The summed E-state index contributed by atoms with van der Waals surface area (Å²) in [5.41, 5.74) is 1.24. The number of rotatable bonds is 4. The third kappa shape index (κ3) is 3.70. The van der Waals surface area contributed by atoms with Crippen molar-refractivity contribution in [3.8, 4) is 0 Å². The standard InChI is InChI=1S/C15H22BrN3S2/c1-2-17-15-12(16)13(10-5-3-4-6-10)18-14(19-15)11-9-20-7-8-21-11/h10-11H,2-9H2,1H3,(H,17,18,19). The summed E-state index contributed by atoms with van der Waals surface area (Å²) < 4.78 is 1.09. The Kier molecular flexibility index (Phi) is 5.73. The molecule has 3 rings (SSSR count). The van der Waals surface area contributed by atoms with Crippen LogP contribution in [0.2, 0.25) is 0 Å². The van der Waals surface area contributed by atoms with E-state index in [0.29, 0.717) is 11.2 Å². The molecule has 1 aromatic rings. The molecular weight excluding hydrogens is 366 g/mol. The number of thioether (sulfide) groups is 2. The fourth-order valence-electron chi connectivity index (χ4n) is 3.02. The smallest absolute Gasteiger partial charge is 0.144 e. The van der Waals surface area contributed by atoms with E-state index in [1.165, 1.54) is 42.9 Å². The fraction of sp³-hybridized carbons (Fsp3) is 0.733. The highest BCUT2D eigenvalue weighted by Gasteiger charge is 2.27. The van der Waals surface area contributed by atoms with Crippen LogP contribution in [-0.2, 0) is 0 Å². The Morgan fingerprint density at radius 3 is 2.71 bits per heavy atom. The Hall–Kier alpha value is 0.0600. The molecule has 1 saturated carbocycles. The fourth-order valence-corrected chi connectivity index (χ4v) is 6.26. The van der Waals surface area contributed by atoms with Crippen molar-refractivity contribution in [3.05, 3.63) is 16.0 Å². The molecule has 21 heavy (non-hydrogen) atoms. The number of nitrogens with zero attached hydrogens (tertiary/aromatic N) is 2. The molecule has 6 heteroatoms. The van der Waals surface area contributed by atoms with Gasteiger partial charge in [-0.25, -0.2) is 9.97 Å². The van der Waals surface area contributed by atoms with Gasteiger partial charge in [0.15, 0.2) is 0 Å². The minimum absolute atomic E-state index is 0.453. The Morgan fingerprint density at radius 2 is 2.05 bits per heavy atom. The normalized spacial score (nSPS) is 23.4. The number of hydrogen-bond acceptors (Lipinski definition) is 5. The predicted octanol–water partition coefficient (Wildman–Crippen LogP) is 4.85. The first-order valence-corrected chi connectivity index (χ1v) is 10.8. The van der Waals surface area contributed by atoms with Crippen LogP contribution in [0.5, 0.6) is 0 Å². The molecule has 1 aliphatic heterocycles. The molecular formula is C15H22BrN3S2. The number of nitrogens with one attached hydrogen (secondary N) is 1. The molecule has 1 aromatic heterocycles. The number of anilines is 1. The second-order valence-electron chi connectivity index (χ2n) is 5.58. The molecule has 0 bridgehead atoms. The summed E-state index contributed by atoms with van der Waals surface area (Å²) in [6.45, 7) is 3.01. The van der Waals surface area contributed by atoms with Gasteiger partial charge in [0, 0.05) is 29.7 Å². The van der Waals surface area contributed by atoms with Crippen LogP contribution in [0.3, 0.4) is 0 Å². The van der Waals surface area contributed by atoms with Crippen molar-refractivity contribution in [2.75, 3.05) is 29.1 Å². The Labute approximate surface area is 144 Å². The topological polar surface area (TPSA) is 37.8 Å². The third-order valence-corrected chi connectivity index (χ3v) is 7.62. The van der Waals surface area contributed by atoms with Gasteiger partial charge in [-0.1, -0.05) is 12.8 Å². The molecule has 2 heterocycles. The van der Waals surface area contributed by atoms with Crippen LogP contribution < -0.4 is 5.32 Å². The first kappa shape index (κ1) is 15.9. The molecule has 1 saturated heterocycles. The van der Waals surface area contributed by atoms with E-state index in [4.69, 9.17) is 9.97 Å². The van der Waals surface area contributed by atoms with Gasteiger partial charge in [0.05, 0.1) is 15.4 Å². The molecule has 0 spiro atoms. The monoisotopic (exact) mass is 387 g/mol. The summed E-state index contributed by atoms with van der Waals surface area (Å²) in [6, 6.07) is 0. The van der Waals surface area contributed by atoms with Crippen LogP contribution in [0.25, 0.3) is 0 Å². The lowest BCUT2D eigenvalue weighted by atomic mass is 10.0. The molecule has 1 N–H and O–H groups in total. The zero-order valence-electron chi connectivity index (χ0n) is 12.4. The largest absolute Gasteiger partial charge is 0.369 e. The maximum absolute atomic E-state index is 4.99. The van der Waals surface area contributed by atoms with Crippen LogP contribution in [0.4, 0.5) is 5.82 Å². The quantitative estimate of drug-likeness (QED) is 0.798. The first-order valence-electron chi connectivity index (χ1n) is 7.80. The Bertz CT molecular complexity index is 486. The van der Waals surface area contributed by atoms with Crippen molar-refractivity contribution >= 4 is 45.3 Å². The van der Waals surface area contributed by atoms with Gasteiger partial charge >= 0.3 is 0 Å². The zero-order valence-corrected chi connectivity index (χ0v) is 15.6. The molecule has 3 nitrogen and oxygen atoms in total. The molecule has 0 aromatic carbocycles. The first-order chi connectivity index (χ1) is 10.3. The van der Waals surface area contributed by atoms with Gasteiger partial charge in [0.2, 0.25) is 0 Å². The highest BCUT2D eigenvalue weighted by atomic mass is 79.9. The van der Waals surface area contributed by atoms with E-state index < -0.39 is 0 Å². The lowest BCUT2D eigenvalue weighted by Gasteiger charge is -2.22. The second-order valence-corrected chi connectivity index (χ2v) is 8.83. The van der Waals surface area contributed by atoms with E-state index in [-0.39, 0.29) is 0 Å². The average Bonchev–Trinajstić information content (AvgIpc) is 3.04. The minimum Gasteiger partial charge on any atom is -0.369 e. The highest BCUT2D eigenvalue weighted by molar-refractivity contribution is 9.10. The number of hydrogen-bond donors (Lipinski definition) is 1. The lowest BCUT2D eigenvalue weighted by molar-refractivity contribution is 0.679. The molecule has 0 radical (unpaired) electrons. The summed E-state index contributed by atoms with van der Waals surface area (Å²) in [7, 11) is 0. The highest BCUT2D eigenvalue weighted by Crippen LogP contribution is 2.41. The van der Waals surface area contributed by atoms with E-state index in [1.54, 1.807) is 0 Å². The van der Waals surface area contributed by atoms with Gasteiger partial charge in [-0.3, -0.25) is 0 Å². The molecule has 1 aliphatic carbocycles. The Balaban J connectivity index is 1.94. The van der Waals surface area contributed by atoms with Crippen LogP contribution >= 0.6 is 39.5 Å². The zero-order chi connectivity index (χ0) is 14.7. The van der Waals surface area contributed by atoms with Crippen molar-refractivity contribution in [2.45, 2.75) is 43.8 Å². The second kappa shape index (κ2) is 7.55. The van der Waals surface area contributed by atoms with Crippen molar-refractivity contribution in [1.82, 2.24) is 9.97 Å². The molecule has 1 atom stereocenters. The third-order valence-electron chi connectivity index (χ3n) is 4.08. The van der Waals surface area contributed by atoms with E-state index >= 15 is 0 Å². The van der Waals surface area contributed by atoms with Crippen molar-refractivity contribution in [1.29, 1.82) is 0 Å². The predicted molar refractivity (Wildman–Crippen MR) is 97.6 cm³/mol. The van der Waals surface area contributed by atoms with Crippen molar-refractivity contribution < 1.29 is 0 Å². The maximum atomic E-state index is 4.99. The molecule has 0 amide bonds. The van der Waals surface area contributed by atoms with Crippen LogP contribution in [0.1, 0.15) is 55.3 Å². The average molecular weight is 388 g/mol. The van der Waals surface area contributed by atoms with Crippen molar-refractivity contribution in [3.63, 3.8) is 0 Å². The van der Waals surface area contributed by atoms with E-state index in [9.17, 15) is 0 Å². The number of aromatic nitrogens is 2. The summed E-state index contributed by atoms with van der Waals surface area (Å²) in [5.74, 6) is 6.24. The number of halogens is 1.